The van der Waals surface area contributed by atoms with Crippen LogP contribution in [0, 0.1) is 5.92 Å². The van der Waals surface area contributed by atoms with Gasteiger partial charge in [-0.3, -0.25) is 4.31 Å². The maximum atomic E-state index is 11.2. The zero-order chi connectivity index (χ0) is 13.8. The molecular formula is C13H19NO3S. The van der Waals surface area contributed by atoms with E-state index in [2.05, 4.69) is 0 Å². The van der Waals surface area contributed by atoms with Crippen LogP contribution in [0.4, 0.5) is 0 Å². The Morgan fingerprint density at radius 3 is 2.33 bits per heavy atom. The topological polar surface area (TPSA) is 57.6 Å². The van der Waals surface area contributed by atoms with Crippen LogP contribution in [-0.4, -0.2) is 31.1 Å². The Morgan fingerprint density at radius 2 is 1.83 bits per heavy atom. The molecule has 0 fully saturated rings. The van der Waals surface area contributed by atoms with Crippen molar-refractivity contribution < 1.29 is 13.5 Å². The molecule has 0 amide bonds. The van der Waals surface area contributed by atoms with E-state index >= 15 is 0 Å². The van der Waals surface area contributed by atoms with Crippen LogP contribution in [0.1, 0.15) is 18.6 Å². The maximum absolute atomic E-state index is 11.2. The molecule has 1 aromatic rings. The number of aliphatic hydroxyl groups excluding tert-OH is 1. The molecule has 0 heterocycles. The summed E-state index contributed by atoms with van der Waals surface area (Å²) < 4.78 is 23.5. The second kappa shape index (κ2) is 6.02. The minimum atomic E-state index is -3.22. The predicted molar refractivity (Wildman–Crippen MR) is 72.3 cm³/mol. The van der Waals surface area contributed by atoms with Crippen molar-refractivity contribution in [2.45, 2.75) is 13.0 Å². The summed E-state index contributed by atoms with van der Waals surface area (Å²) in [7, 11) is -1.76. The first-order valence-electron chi connectivity index (χ1n) is 5.66. The molecular weight excluding hydrogens is 250 g/mol. The molecule has 2 atom stereocenters. The summed E-state index contributed by atoms with van der Waals surface area (Å²) >= 11 is 0. The molecule has 0 saturated carbocycles. The zero-order valence-corrected chi connectivity index (χ0v) is 11.6. The molecule has 5 heteroatoms. The molecule has 0 aromatic heterocycles. The quantitative estimate of drug-likeness (QED) is 0.886. The van der Waals surface area contributed by atoms with Gasteiger partial charge in [0.1, 0.15) is 0 Å². The maximum Gasteiger partial charge on any atom is 0.231 e. The smallest absolute Gasteiger partial charge is 0.231 e. The van der Waals surface area contributed by atoms with Gasteiger partial charge in [0, 0.05) is 19.2 Å². The van der Waals surface area contributed by atoms with Crippen LogP contribution >= 0.6 is 0 Å². The average molecular weight is 269 g/mol. The van der Waals surface area contributed by atoms with Crippen LogP contribution in [0.2, 0.25) is 0 Å². The van der Waals surface area contributed by atoms with Gasteiger partial charge in [0.2, 0.25) is 10.0 Å². The number of aliphatic hydroxyl groups is 1. The van der Waals surface area contributed by atoms with Crippen molar-refractivity contribution >= 4 is 10.0 Å². The number of benzene rings is 1. The average Bonchev–Trinajstić information content (AvgIpc) is 2.34. The first-order chi connectivity index (χ1) is 8.32. The van der Waals surface area contributed by atoms with Gasteiger partial charge in [-0.05, 0) is 5.56 Å². The van der Waals surface area contributed by atoms with E-state index in [1.807, 2.05) is 37.3 Å². The molecule has 0 aliphatic heterocycles. The minimum absolute atomic E-state index is 0.170. The normalized spacial score (nSPS) is 15.6. The van der Waals surface area contributed by atoms with Crippen molar-refractivity contribution in [2.24, 2.45) is 5.92 Å². The Bertz CT molecular complexity index is 496. The third-order valence-corrected chi connectivity index (χ3v) is 3.93. The summed E-state index contributed by atoms with van der Waals surface area (Å²) in [4.78, 5) is 0. The summed E-state index contributed by atoms with van der Waals surface area (Å²) in [5.74, 6) is -0.170. The van der Waals surface area contributed by atoms with E-state index in [4.69, 9.17) is 0 Å². The summed E-state index contributed by atoms with van der Waals surface area (Å²) in [6, 6.07) is 9.29. The monoisotopic (exact) mass is 269 g/mol. The van der Waals surface area contributed by atoms with E-state index in [-0.39, 0.29) is 5.92 Å². The van der Waals surface area contributed by atoms with Gasteiger partial charge in [0.15, 0.2) is 0 Å². The molecule has 100 valence electrons. The molecule has 0 spiro atoms. The Labute approximate surface area is 109 Å². The first-order valence-corrected chi connectivity index (χ1v) is 7.51. The Kier molecular flexibility index (Phi) is 4.93. The number of hydrogen-bond acceptors (Lipinski definition) is 3. The fourth-order valence-corrected chi connectivity index (χ4v) is 1.72. The number of sulfonamides is 1. The summed E-state index contributed by atoms with van der Waals surface area (Å²) in [5.41, 5.74) is 0.816. The van der Waals surface area contributed by atoms with E-state index in [0.717, 1.165) is 16.1 Å². The van der Waals surface area contributed by atoms with Crippen molar-refractivity contribution in [2.75, 3.05) is 13.3 Å². The lowest BCUT2D eigenvalue weighted by molar-refractivity contribution is 0.139. The molecule has 0 radical (unpaired) electrons. The highest BCUT2D eigenvalue weighted by Crippen LogP contribution is 2.22. The Balaban J connectivity index is 2.72. The molecule has 0 bridgehead atoms. The summed E-state index contributed by atoms with van der Waals surface area (Å²) in [6.45, 7) is 1.84. The third-order valence-electron chi connectivity index (χ3n) is 2.76. The van der Waals surface area contributed by atoms with Crippen molar-refractivity contribution in [3.8, 4) is 0 Å². The van der Waals surface area contributed by atoms with Crippen LogP contribution in [-0.2, 0) is 10.0 Å². The fourth-order valence-electron chi connectivity index (χ4n) is 1.43. The SMILES string of the molecule is C[C@@H](/C=C\N(C)S(C)(=O)=O)[C@H](O)c1ccccc1. The highest BCUT2D eigenvalue weighted by molar-refractivity contribution is 7.88. The van der Waals surface area contributed by atoms with Gasteiger partial charge >= 0.3 is 0 Å². The lowest BCUT2D eigenvalue weighted by Crippen LogP contribution is -2.20. The van der Waals surface area contributed by atoms with E-state index < -0.39 is 16.1 Å². The Hall–Kier alpha value is -1.33. The van der Waals surface area contributed by atoms with Crippen molar-refractivity contribution in [3.05, 3.63) is 48.2 Å². The predicted octanol–water partition coefficient (Wildman–Crippen LogP) is 1.76. The molecule has 18 heavy (non-hydrogen) atoms. The molecule has 1 rings (SSSR count). The van der Waals surface area contributed by atoms with Crippen LogP contribution in [0.5, 0.6) is 0 Å². The lowest BCUT2D eigenvalue weighted by atomic mass is 9.97. The minimum Gasteiger partial charge on any atom is -0.388 e. The molecule has 0 aliphatic rings. The lowest BCUT2D eigenvalue weighted by Gasteiger charge is -2.17. The third kappa shape index (κ3) is 4.16. The van der Waals surface area contributed by atoms with Gasteiger partial charge < -0.3 is 5.11 Å². The van der Waals surface area contributed by atoms with E-state index in [0.29, 0.717) is 0 Å². The van der Waals surface area contributed by atoms with Gasteiger partial charge in [-0.15, -0.1) is 0 Å². The van der Waals surface area contributed by atoms with Crippen LogP contribution in [0.25, 0.3) is 0 Å². The largest absolute Gasteiger partial charge is 0.388 e. The van der Waals surface area contributed by atoms with Gasteiger partial charge in [-0.2, -0.15) is 0 Å². The Morgan fingerprint density at radius 1 is 1.28 bits per heavy atom. The van der Waals surface area contributed by atoms with Crippen molar-refractivity contribution in [1.29, 1.82) is 0 Å². The van der Waals surface area contributed by atoms with Crippen LogP contribution in [0.3, 0.4) is 0 Å². The molecule has 1 N–H and O–H groups in total. The van der Waals surface area contributed by atoms with Gasteiger partial charge in [-0.25, -0.2) is 8.42 Å². The van der Waals surface area contributed by atoms with Crippen molar-refractivity contribution in [3.63, 3.8) is 0 Å². The van der Waals surface area contributed by atoms with Crippen molar-refractivity contribution in [1.82, 2.24) is 4.31 Å². The standard InChI is InChI=1S/C13H19NO3S/c1-11(9-10-14(2)18(3,16)17)13(15)12-7-5-4-6-8-12/h4-11,13,15H,1-3H3/b10-9-/t11-,13-/m0/s1. The van der Waals surface area contributed by atoms with Crippen LogP contribution < -0.4 is 0 Å². The second-order valence-corrected chi connectivity index (χ2v) is 6.38. The molecule has 0 unspecified atom stereocenters. The van der Waals surface area contributed by atoms with Gasteiger partial charge in [0.25, 0.3) is 0 Å². The zero-order valence-electron chi connectivity index (χ0n) is 10.8. The van der Waals surface area contributed by atoms with Gasteiger partial charge in [-0.1, -0.05) is 43.3 Å². The van der Waals surface area contributed by atoms with Gasteiger partial charge in [0.05, 0.1) is 12.4 Å². The first kappa shape index (κ1) is 14.7. The summed E-state index contributed by atoms with van der Waals surface area (Å²) in [6.07, 6.45) is 3.64. The number of nitrogens with zero attached hydrogens (tertiary/aromatic N) is 1. The fraction of sp³-hybridized carbons (Fsp3) is 0.385. The molecule has 0 aliphatic carbocycles. The van der Waals surface area contributed by atoms with E-state index in [1.165, 1.54) is 13.2 Å². The molecule has 0 saturated heterocycles. The molecule has 1 aromatic carbocycles. The van der Waals surface area contributed by atoms with E-state index in [9.17, 15) is 13.5 Å². The second-order valence-electron chi connectivity index (χ2n) is 4.34. The number of hydrogen-bond donors (Lipinski definition) is 1. The highest BCUT2D eigenvalue weighted by Gasteiger charge is 2.14. The highest BCUT2D eigenvalue weighted by atomic mass is 32.2. The van der Waals surface area contributed by atoms with E-state index in [1.54, 1.807) is 6.08 Å². The van der Waals surface area contributed by atoms with Crippen LogP contribution in [0.15, 0.2) is 42.6 Å². The number of rotatable bonds is 5. The molecule has 4 nitrogen and oxygen atoms in total. The summed E-state index contributed by atoms with van der Waals surface area (Å²) in [5, 5.41) is 10.1.